The lowest BCUT2D eigenvalue weighted by atomic mass is 10.0. The van der Waals surface area contributed by atoms with Gasteiger partial charge in [0, 0.05) is 29.9 Å². The first-order valence-corrected chi connectivity index (χ1v) is 16.3. The smallest absolute Gasteiger partial charge is 0.326 e. The number of carbonyl (C=O) groups excluding carboxylic acids is 3. The number of aromatic nitrogens is 1. The van der Waals surface area contributed by atoms with Gasteiger partial charge in [-0.25, -0.2) is 4.79 Å². The van der Waals surface area contributed by atoms with Gasteiger partial charge in [-0.05, 0) is 59.7 Å². The number of aliphatic carboxylic acids is 1. The van der Waals surface area contributed by atoms with E-state index >= 15 is 0 Å². The lowest BCUT2D eigenvalue weighted by Gasteiger charge is -2.25. The molecule has 0 saturated carbocycles. The van der Waals surface area contributed by atoms with Gasteiger partial charge in [0.15, 0.2) is 0 Å². The van der Waals surface area contributed by atoms with Crippen LogP contribution < -0.4 is 21.7 Å². The van der Waals surface area contributed by atoms with Crippen LogP contribution in [0, 0.1) is 0 Å². The molecule has 242 valence electrons. The number of rotatable bonds is 16. The third-order valence-electron chi connectivity index (χ3n) is 7.60. The normalized spacial score (nSPS) is 13.7. The second-order valence-corrected chi connectivity index (χ2v) is 12.0. The molecule has 3 aromatic carbocycles. The van der Waals surface area contributed by atoms with Crippen LogP contribution in [0.15, 0.2) is 85.1 Å². The molecule has 8 N–H and O–H groups in total. The van der Waals surface area contributed by atoms with Gasteiger partial charge in [0.1, 0.15) is 23.9 Å². The Morgan fingerprint density at radius 1 is 0.761 bits per heavy atom. The molecule has 0 fully saturated rings. The van der Waals surface area contributed by atoms with Crippen LogP contribution in [0.4, 0.5) is 0 Å². The highest BCUT2D eigenvalue weighted by molar-refractivity contribution is 7.98. The number of amides is 3. The van der Waals surface area contributed by atoms with Crippen molar-refractivity contribution in [3.63, 3.8) is 0 Å². The van der Waals surface area contributed by atoms with Crippen molar-refractivity contribution < 1.29 is 29.4 Å². The van der Waals surface area contributed by atoms with Gasteiger partial charge in [0.05, 0.1) is 6.04 Å². The molecule has 4 rings (SSSR count). The number of carboxylic acid groups (broad SMARTS) is 1. The summed E-state index contributed by atoms with van der Waals surface area (Å²) in [5.74, 6) is -2.36. The number of hydrogen-bond donors (Lipinski definition) is 7. The molecule has 0 aliphatic carbocycles. The van der Waals surface area contributed by atoms with E-state index in [0.717, 1.165) is 27.6 Å². The molecule has 4 unspecified atom stereocenters. The van der Waals surface area contributed by atoms with Crippen molar-refractivity contribution in [1.82, 2.24) is 20.9 Å². The van der Waals surface area contributed by atoms with E-state index in [1.165, 1.54) is 23.9 Å². The largest absolute Gasteiger partial charge is 0.508 e. The highest BCUT2D eigenvalue weighted by Gasteiger charge is 2.31. The minimum atomic E-state index is -1.26. The molecule has 0 bridgehead atoms. The molecule has 0 radical (unpaired) electrons. The van der Waals surface area contributed by atoms with Crippen LogP contribution in [0.5, 0.6) is 5.75 Å². The van der Waals surface area contributed by atoms with Gasteiger partial charge in [-0.15, -0.1) is 0 Å². The number of thioether (sulfide) groups is 1. The molecule has 1 heterocycles. The Morgan fingerprint density at radius 3 is 2.07 bits per heavy atom. The molecule has 46 heavy (non-hydrogen) atoms. The Kier molecular flexibility index (Phi) is 12.2. The number of phenolic OH excluding ortho intramolecular Hbond substituents is 1. The van der Waals surface area contributed by atoms with E-state index in [4.69, 9.17) is 5.73 Å². The van der Waals surface area contributed by atoms with Crippen molar-refractivity contribution in [2.75, 3.05) is 12.0 Å². The summed E-state index contributed by atoms with van der Waals surface area (Å²) in [6.07, 6.45) is 4.20. The van der Waals surface area contributed by atoms with Crippen LogP contribution in [0.2, 0.25) is 0 Å². The number of hydrogen-bond acceptors (Lipinski definition) is 7. The zero-order valence-corrected chi connectivity index (χ0v) is 26.3. The predicted octanol–water partition coefficient (Wildman–Crippen LogP) is 2.52. The fourth-order valence-corrected chi connectivity index (χ4v) is 5.56. The van der Waals surface area contributed by atoms with Gasteiger partial charge in [0.2, 0.25) is 17.7 Å². The summed E-state index contributed by atoms with van der Waals surface area (Å²) in [7, 11) is 0. The summed E-state index contributed by atoms with van der Waals surface area (Å²) in [5.41, 5.74) is 9.24. The van der Waals surface area contributed by atoms with E-state index in [-0.39, 0.29) is 31.4 Å². The number of benzene rings is 3. The average molecular weight is 646 g/mol. The molecule has 0 aliphatic heterocycles. The molecule has 0 saturated heterocycles. The van der Waals surface area contributed by atoms with Gasteiger partial charge < -0.3 is 36.9 Å². The zero-order chi connectivity index (χ0) is 33.1. The summed E-state index contributed by atoms with van der Waals surface area (Å²) in [4.78, 5) is 55.7. The molecular formula is C34H39N5O6S. The highest BCUT2D eigenvalue weighted by Crippen LogP contribution is 2.19. The summed E-state index contributed by atoms with van der Waals surface area (Å²) >= 11 is 1.50. The zero-order valence-electron chi connectivity index (χ0n) is 25.4. The van der Waals surface area contributed by atoms with Crippen molar-refractivity contribution >= 4 is 46.4 Å². The van der Waals surface area contributed by atoms with Crippen LogP contribution in [0.3, 0.4) is 0 Å². The van der Waals surface area contributed by atoms with Crippen molar-refractivity contribution in [1.29, 1.82) is 0 Å². The maximum Gasteiger partial charge on any atom is 0.326 e. The molecule has 0 spiro atoms. The summed E-state index contributed by atoms with van der Waals surface area (Å²) in [6, 6.07) is 18.5. The van der Waals surface area contributed by atoms with Crippen molar-refractivity contribution in [3.05, 3.63) is 102 Å². The second-order valence-electron chi connectivity index (χ2n) is 11.0. The monoisotopic (exact) mass is 645 g/mol. The van der Waals surface area contributed by atoms with Crippen LogP contribution in [0.1, 0.15) is 23.1 Å². The van der Waals surface area contributed by atoms with Crippen molar-refractivity contribution in [3.8, 4) is 5.75 Å². The quantitative estimate of drug-likeness (QED) is 0.0969. The number of nitrogens with one attached hydrogen (secondary N) is 4. The van der Waals surface area contributed by atoms with Gasteiger partial charge in [-0.3, -0.25) is 14.4 Å². The fraction of sp³-hybridized carbons (Fsp3) is 0.294. The Morgan fingerprint density at radius 2 is 1.37 bits per heavy atom. The maximum absolute atomic E-state index is 13.7. The fourth-order valence-electron chi connectivity index (χ4n) is 5.09. The molecular weight excluding hydrogens is 606 g/mol. The van der Waals surface area contributed by atoms with Gasteiger partial charge in [0.25, 0.3) is 0 Å². The molecule has 1 aromatic heterocycles. The third kappa shape index (κ3) is 9.59. The molecule has 4 atom stereocenters. The molecule has 12 heteroatoms. The first-order valence-electron chi connectivity index (χ1n) is 14.9. The van der Waals surface area contributed by atoms with E-state index in [9.17, 15) is 29.4 Å². The Labute approximate surface area is 271 Å². The summed E-state index contributed by atoms with van der Waals surface area (Å²) in [6.45, 7) is 0. The molecule has 4 aromatic rings. The summed E-state index contributed by atoms with van der Waals surface area (Å²) < 4.78 is 0. The molecule has 3 amide bonds. The van der Waals surface area contributed by atoms with Crippen LogP contribution >= 0.6 is 11.8 Å². The van der Waals surface area contributed by atoms with Crippen LogP contribution in [-0.2, 0) is 38.4 Å². The maximum atomic E-state index is 13.7. The van der Waals surface area contributed by atoms with Gasteiger partial charge in [-0.1, -0.05) is 60.7 Å². The SMILES string of the molecule is CSCCC(NC(=O)C(N)Cc1ccc(O)cc1)C(=O)NC(Cc1ccccc1)C(=O)NC(Cc1c[nH]c2ccccc12)C(=O)O. The minimum absolute atomic E-state index is 0.0302. The number of fused-ring (bicyclic) bond motifs is 1. The lowest BCUT2D eigenvalue weighted by Crippen LogP contribution is -2.58. The number of carboxylic acids is 1. The van der Waals surface area contributed by atoms with Gasteiger partial charge in [-0.2, -0.15) is 11.8 Å². The number of phenols is 1. The number of carbonyl (C=O) groups is 4. The first kappa shape index (κ1) is 34.1. The number of aromatic hydroxyl groups is 1. The van der Waals surface area contributed by atoms with E-state index < -0.39 is 47.9 Å². The lowest BCUT2D eigenvalue weighted by molar-refractivity contribution is -0.142. The standard InChI is InChI=1S/C34H39N5O6S/c1-46-16-15-28(37-31(41)26(35)17-22-11-13-24(40)14-12-22)32(42)38-29(18-21-7-3-2-4-8-21)33(43)39-30(34(44)45)19-23-20-36-27-10-6-5-9-25(23)27/h2-14,20,26,28-30,36,40H,15-19,35H2,1H3,(H,37,41)(H,38,42)(H,39,43)(H,44,45). The van der Waals surface area contributed by atoms with Crippen molar-refractivity contribution in [2.45, 2.75) is 49.9 Å². The molecule has 11 nitrogen and oxygen atoms in total. The predicted molar refractivity (Wildman–Crippen MR) is 178 cm³/mol. The number of H-pyrrole nitrogens is 1. The molecule has 0 aliphatic rings. The van der Waals surface area contributed by atoms with Crippen LogP contribution in [0.25, 0.3) is 10.9 Å². The van der Waals surface area contributed by atoms with E-state index in [0.29, 0.717) is 5.75 Å². The second kappa shape index (κ2) is 16.5. The summed E-state index contributed by atoms with van der Waals surface area (Å²) in [5, 5.41) is 28.5. The topological polar surface area (TPSA) is 187 Å². The highest BCUT2D eigenvalue weighted by atomic mass is 32.2. The van der Waals surface area contributed by atoms with E-state index in [2.05, 4.69) is 20.9 Å². The Balaban J connectivity index is 1.49. The number of para-hydroxylation sites is 1. The third-order valence-corrected chi connectivity index (χ3v) is 8.25. The first-order chi connectivity index (χ1) is 22.1. The van der Waals surface area contributed by atoms with Gasteiger partial charge >= 0.3 is 5.97 Å². The van der Waals surface area contributed by atoms with E-state index in [1.54, 1.807) is 30.5 Å². The Bertz CT molecular complexity index is 1630. The van der Waals surface area contributed by atoms with Crippen molar-refractivity contribution in [2.24, 2.45) is 5.73 Å². The van der Waals surface area contributed by atoms with Crippen LogP contribution in [-0.4, -0.2) is 75.1 Å². The number of aromatic amines is 1. The van der Waals surface area contributed by atoms with E-state index in [1.807, 2.05) is 48.7 Å². The number of nitrogens with two attached hydrogens (primary N) is 1. The average Bonchev–Trinajstić information content (AvgIpc) is 3.46. The Hall–Kier alpha value is -4.81. The minimum Gasteiger partial charge on any atom is -0.508 e.